The van der Waals surface area contributed by atoms with Crippen molar-refractivity contribution >= 4 is 5.69 Å². The topological polar surface area (TPSA) is 29.9 Å². The van der Waals surface area contributed by atoms with E-state index in [1.165, 1.54) is 0 Å². The number of nitrogens with one attached hydrogen (secondary N) is 1. The Kier molecular flexibility index (Phi) is 2.90. The molecule has 0 amide bonds. The van der Waals surface area contributed by atoms with Crippen molar-refractivity contribution < 1.29 is 4.39 Å². The van der Waals surface area contributed by atoms with Gasteiger partial charge in [-0.3, -0.25) is 4.68 Å². The van der Waals surface area contributed by atoms with Crippen LogP contribution >= 0.6 is 0 Å². The lowest BCUT2D eigenvalue weighted by molar-refractivity contribution is 0.621. The van der Waals surface area contributed by atoms with Crippen molar-refractivity contribution in [3.63, 3.8) is 0 Å². The van der Waals surface area contributed by atoms with Crippen molar-refractivity contribution in [2.24, 2.45) is 7.05 Å². The molecule has 0 spiro atoms. The highest BCUT2D eigenvalue weighted by atomic mass is 19.1. The Balaban J connectivity index is 2.07. The van der Waals surface area contributed by atoms with E-state index in [1.54, 1.807) is 29.9 Å². The predicted molar refractivity (Wildman–Crippen MR) is 61.7 cm³/mol. The molecular weight excluding hydrogens is 205 g/mol. The number of anilines is 1. The van der Waals surface area contributed by atoms with Crippen molar-refractivity contribution in [1.82, 2.24) is 9.78 Å². The zero-order valence-electron chi connectivity index (χ0n) is 9.37. The lowest BCUT2D eigenvalue weighted by atomic mass is 10.2. The van der Waals surface area contributed by atoms with Gasteiger partial charge in [-0.1, -0.05) is 12.1 Å². The Morgan fingerprint density at radius 3 is 2.94 bits per heavy atom. The summed E-state index contributed by atoms with van der Waals surface area (Å²) in [6, 6.07) is 5.33. The number of hydrogen-bond donors (Lipinski definition) is 1. The van der Waals surface area contributed by atoms with Crippen LogP contribution in [-0.4, -0.2) is 9.78 Å². The van der Waals surface area contributed by atoms with Crippen molar-refractivity contribution in [2.45, 2.75) is 13.5 Å². The van der Waals surface area contributed by atoms with Gasteiger partial charge in [0.05, 0.1) is 11.9 Å². The standard InChI is InChI=1S/C12H14FN3/c1-9-4-3-5-11(12(9)13)14-6-10-7-15-16(2)8-10/h3-5,7-8,14H,6H2,1-2H3. The summed E-state index contributed by atoms with van der Waals surface area (Å²) in [6.07, 6.45) is 3.67. The van der Waals surface area contributed by atoms with Gasteiger partial charge >= 0.3 is 0 Å². The molecule has 0 saturated carbocycles. The number of aryl methyl sites for hydroxylation is 2. The summed E-state index contributed by atoms with van der Waals surface area (Å²) >= 11 is 0. The van der Waals surface area contributed by atoms with Crippen molar-refractivity contribution in [2.75, 3.05) is 5.32 Å². The monoisotopic (exact) mass is 219 g/mol. The Morgan fingerprint density at radius 1 is 1.44 bits per heavy atom. The summed E-state index contributed by atoms with van der Waals surface area (Å²) in [5, 5.41) is 7.11. The molecule has 0 unspecified atom stereocenters. The Hall–Kier alpha value is -1.84. The lowest BCUT2D eigenvalue weighted by Crippen LogP contribution is -2.01. The van der Waals surface area contributed by atoms with Gasteiger partial charge in [0.2, 0.25) is 0 Å². The van der Waals surface area contributed by atoms with E-state index in [2.05, 4.69) is 10.4 Å². The van der Waals surface area contributed by atoms with E-state index in [0.717, 1.165) is 5.56 Å². The Labute approximate surface area is 93.9 Å². The van der Waals surface area contributed by atoms with Crippen LogP contribution in [0.1, 0.15) is 11.1 Å². The van der Waals surface area contributed by atoms with Gasteiger partial charge in [-0.05, 0) is 18.6 Å². The molecule has 84 valence electrons. The summed E-state index contributed by atoms with van der Waals surface area (Å²) in [4.78, 5) is 0. The number of benzene rings is 1. The summed E-state index contributed by atoms with van der Waals surface area (Å²) in [5.41, 5.74) is 2.21. The van der Waals surface area contributed by atoms with Crippen LogP contribution in [0.2, 0.25) is 0 Å². The molecule has 2 aromatic rings. The third-order valence-electron chi connectivity index (χ3n) is 2.43. The highest BCUT2D eigenvalue weighted by Gasteiger charge is 2.04. The highest BCUT2D eigenvalue weighted by Crippen LogP contribution is 2.17. The van der Waals surface area contributed by atoms with Crippen molar-refractivity contribution in [3.05, 3.63) is 47.5 Å². The van der Waals surface area contributed by atoms with Gasteiger partial charge in [-0.15, -0.1) is 0 Å². The number of rotatable bonds is 3. The van der Waals surface area contributed by atoms with E-state index in [4.69, 9.17) is 0 Å². The van der Waals surface area contributed by atoms with Crippen molar-refractivity contribution in [1.29, 1.82) is 0 Å². The minimum Gasteiger partial charge on any atom is -0.378 e. The van der Waals surface area contributed by atoms with Crippen LogP contribution in [0.25, 0.3) is 0 Å². The first-order chi connectivity index (χ1) is 7.66. The first-order valence-electron chi connectivity index (χ1n) is 5.13. The third kappa shape index (κ3) is 2.21. The molecule has 16 heavy (non-hydrogen) atoms. The zero-order chi connectivity index (χ0) is 11.5. The highest BCUT2D eigenvalue weighted by molar-refractivity contribution is 5.47. The number of hydrogen-bond acceptors (Lipinski definition) is 2. The van der Waals surface area contributed by atoms with Crippen LogP contribution in [0.4, 0.5) is 10.1 Å². The number of nitrogens with zero attached hydrogens (tertiary/aromatic N) is 2. The fourth-order valence-corrected chi connectivity index (χ4v) is 1.54. The fourth-order valence-electron chi connectivity index (χ4n) is 1.54. The van der Waals surface area contributed by atoms with E-state index in [1.807, 2.05) is 19.3 Å². The molecule has 0 aliphatic carbocycles. The average Bonchev–Trinajstić information content (AvgIpc) is 2.67. The second-order valence-corrected chi connectivity index (χ2v) is 3.81. The van der Waals surface area contributed by atoms with Gasteiger partial charge in [0.1, 0.15) is 5.82 Å². The van der Waals surface area contributed by atoms with Crippen LogP contribution in [0.15, 0.2) is 30.6 Å². The molecule has 1 N–H and O–H groups in total. The van der Waals surface area contributed by atoms with Gasteiger partial charge in [0.25, 0.3) is 0 Å². The second-order valence-electron chi connectivity index (χ2n) is 3.81. The molecule has 0 aliphatic rings. The van der Waals surface area contributed by atoms with Gasteiger partial charge in [0.15, 0.2) is 0 Å². The van der Waals surface area contributed by atoms with Crippen LogP contribution in [0, 0.1) is 12.7 Å². The van der Waals surface area contributed by atoms with Gasteiger partial charge in [-0.25, -0.2) is 4.39 Å². The Morgan fingerprint density at radius 2 is 2.25 bits per heavy atom. The lowest BCUT2D eigenvalue weighted by Gasteiger charge is -2.07. The summed E-state index contributed by atoms with van der Waals surface area (Å²) in [7, 11) is 1.86. The van der Waals surface area contributed by atoms with Crippen LogP contribution in [0.3, 0.4) is 0 Å². The van der Waals surface area contributed by atoms with Crippen molar-refractivity contribution in [3.8, 4) is 0 Å². The average molecular weight is 219 g/mol. The van der Waals surface area contributed by atoms with Crippen LogP contribution in [0.5, 0.6) is 0 Å². The van der Waals surface area contributed by atoms with E-state index in [0.29, 0.717) is 17.8 Å². The largest absolute Gasteiger partial charge is 0.378 e. The maximum absolute atomic E-state index is 13.6. The SMILES string of the molecule is Cc1cccc(NCc2cnn(C)c2)c1F. The van der Waals surface area contributed by atoms with Gasteiger partial charge in [0, 0.05) is 25.4 Å². The number of halogens is 1. The molecule has 0 bridgehead atoms. The maximum Gasteiger partial charge on any atom is 0.149 e. The number of aromatic nitrogens is 2. The molecule has 0 fully saturated rings. The van der Waals surface area contributed by atoms with Crippen LogP contribution in [-0.2, 0) is 13.6 Å². The second kappa shape index (κ2) is 4.35. The molecule has 4 heteroatoms. The molecule has 0 atom stereocenters. The summed E-state index contributed by atoms with van der Waals surface area (Å²) in [6.45, 7) is 2.33. The molecule has 1 aromatic heterocycles. The predicted octanol–water partition coefficient (Wildman–Crippen LogP) is 2.48. The quantitative estimate of drug-likeness (QED) is 0.859. The summed E-state index contributed by atoms with van der Waals surface area (Å²) < 4.78 is 15.4. The van der Waals surface area contributed by atoms with E-state index < -0.39 is 0 Å². The van der Waals surface area contributed by atoms with Gasteiger partial charge in [-0.2, -0.15) is 5.10 Å². The molecule has 2 rings (SSSR count). The minimum absolute atomic E-state index is 0.189. The Bertz CT molecular complexity index is 491. The van der Waals surface area contributed by atoms with Crippen LogP contribution < -0.4 is 5.32 Å². The molecule has 0 radical (unpaired) electrons. The minimum atomic E-state index is -0.189. The molecule has 1 heterocycles. The third-order valence-corrected chi connectivity index (χ3v) is 2.43. The molecule has 1 aromatic carbocycles. The smallest absolute Gasteiger partial charge is 0.149 e. The van der Waals surface area contributed by atoms with Gasteiger partial charge < -0.3 is 5.32 Å². The first-order valence-corrected chi connectivity index (χ1v) is 5.13. The first kappa shape index (κ1) is 10.7. The zero-order valence-corrected chi connectivity index (χ0v) is 9.37. The van der Waals surface area contributed by atoms with E-state index >= 15 is 0 Å². The maximum atomic E-state index is 13.6. The fraction of sp³-hybridized carbons (Fsp3) is 0.250. The molecule has 0 saturated heterocycles. The molecule has 0 aliphatic heterocycles. The summed E-state index contributed by atoms with van der Waals surface area (Å²) in [5.74, 6) is -0.189. The molecular formula is C12H14FN3. The molecule has 3 nitrogen and oxygen atoms in total. The normalized spacial score (nSPS) is 10.4. The van der Waals surface area contributed by atoms with E-state index in [9.17, 15) is 4.39 Å². The van der Waals surface area contributed by atoms with E-state index in [-0.39, 0.29) is 5.82 Å².